The van der Waals surface area contributed by atoms with E-state index in [0.717, 1.165) is 50.9 Å². The quantitative estimate of drug-likeness (QED) is 0.376. The Morgan fingerprint density at radius 3 is 2.14 bits per heavy atom. The van der Waals surface area contributed by atoms with Crippen LogP contribution in [0.4, 0.5) is 13.2 Å². The molecule has 5 aliphatic rings. The maximum absolute atomic E-state index is 13.7. The van der Waals surface area contributed by atoms with E-state index in [1.165, 1.54) is 38.5 Å². The van der Waals surface area contributed by atoms with Gasteiger partial charge in [-0.1, -0.05) is 34.1 Å². The SMILES string of the molecule is CC[C@H]1CC[C@](O)(CC[C@H](C)[C@@H]2CC[C@H]3[C@@H]4CC[C@H]5C[C@](O)(C(F)(F)F)CC[C@]5(C)[C@H]4CC[C@@]32C)CC1. The lowest BCUT2D eigenvalue weighted by Gasteiger charge is -2.62. The lowest BCUT2D eigenvalue weighted by molar-refractivity contribution is -0.290. The molecule has 214 valence electrons. The van der Waals surface area contributed by atoms with Crippen molar-refractivity contribution in [1.29, 1.82) is 0 Å². The second kappa shape index (κ2) is 9.67. The topological polar surface area (TPSA) is 40.5 Å². The van der Waals surface area contributed by atoms with E-state index in [2.05, 4.69) is 27.7 Å². The molecule has 5 heteroatoms. The molecule has 5 saturated carbocycles. The fourth-order valence-electron chi connectivity index (χ4n) is 11.0. The number of fused-ring (bicyclic) bond motifs is 5. The summed E-state index contributed by atoms with van der Waals surface area (Å²) in [7, 11) is 0. The minimum absolute atomic E-state index is 0.0156. The second-order valence-corrected chi connectivity index (χ2v) is 15.2. The average molecular weight is 527 g/mol. The Labute approximate surface area is 223 Å². The Hall–Kier alpha value is -0.290. The van der Waals surface area contributed by atoms with Crippen LogP contribution >= 0.6 is 0 Å². The Kier molecular flexibility index (Phi) is 7.38. The van der Waals surface area contributed by atoms with Crippen molar-refractivity contribution in [2.24, 2.45) is 52.3 Å². The van der Waals surface area contributed by atoms with E-state index in [0.29, 0.717) is 41.4 Å². The molecule has 37 heavy (non-hydrogen) atoms. The van der Waals surface area contributed by atoms with Gasteiger partial charge in [0.25, 0.3) is 0 Å². The van der Waals surface area contributed by atoms with Crippen LogP contribution in [0.25, 0.3) is 0 Å². The Morgan fingerprint density at radius 2 is 1.49 bits per heavy atom. The van der Waals surface area contributed by atoms with Crippen LogP contribution in [0, 0.1) is 52.3 Å². The fraction of sp³-hybridized carbons (Fsp3) is 1.00. The van der Waals surface area contributed by atoms with Crippen LogP contribution in [0.3, 0.4) is 0 Å². The van der Waals surface area contributed by atoms with Crippen molar-refractivity contribution in [2.45, 2.75) is 148 Å². The van der Waals surface area contributed by atoms with Crippen molar-refractivity contribution in [3.8, 4) is 0 Å². The lowest BCUT2D eigenvalue weighted by atomic mass is 9.43. The van der Waals surface area contributed by atoms with E-state index in [-0.39, 0.29) is 24.2 Å². The Bertz CT molecular complexity index is 819. The van der Waals surface area contributed by atoms with Crippen molar-refractivity contribution in [3.05, 3.63) is 0 Å². The summed E-state index contributed by atoms with van der Waals surface area (Å²) in [5, 5.41) is 21.8. The van der Waals surface area contributed by atoms with E-state index in [9.17, 15) is 23.4 Å². The minimum atomic E-state index is -4.52. The van der Waals surface area contributed by atoms with Gasteiger partial charge in [0.1, 0.15) is 0 Å². The van der Waals surface area contributed by atoms with Crippen LogP contribution in [0.15, 0.2) is 0 Å². The highest BCUT2D eigenvalue weighted by Gasteiger charge is 2.65. The first-order chi connectivity index (χ1) is 17.2. The van der Waals surface area contributed by atoms with E-state index < -0.39 is 17.4 Å². The first kappa shape index (κ1) is 28.2. The second-order valence-electron chi connectivity index (χ2n) is 15.2. The standard InChI is InChI=1S/C32H53F3O2/c1-5-22-11-16-30(36,17-12-22)15-10-21(2)25-8-9-26-24-7-6-23-20-31(37,32(33,34)35)19-18-28(23,3)27(24)13-14-29(25,26)4/h21-27,36-37H,5-20H2,1-4H3/t21-,22-,23-,24-,25-,26-,27-,28-,29+,30+,31-/m0/s1. The molecule has 5 aliphatic carbocycles. The summed E-state index contributed by atoms with van der Waals surface area (Å²) in [6, 6.07) is 0. The molecule has 0 aromatic heterocycles. The van der Waals surface area contributed by atoms with Crippen LogP contribution in [0.2, 0.25) is 0 Å². The van der Waals surface area contributed by atoms with Gasteiger partial charge in [-0.15, -0.1) is 0 Å². The Morgan fingerprint density at radius 1 is 0.811 bits per heavy atom. The zero-order chi connectivity index (χ0) is 26.9. The first-order valence-electron chi connectivity index (χ1n) is 15.8. The summed E-state index contributed by atoms with van der Waals surface area (Å²) >= 11 is 0. The van der Waals surface area contributed by atoms with Gasteiger partial charge < -0.3 is 10.2 Å². The van der Waals surface area contributed by atoms with Gasteiger partial charge in [-0.2, -0.15) is 13.2 Å². The zero-order valence-electron chi connectivity index (χ0n) is 23.9. The highest BCUT2D eigenvalue weighted by Crippen LogP contribution is 2.69. The molecule has 0 heterocycles. The summed E-state index contributed by atoms with van der Waals surface area (Å²) in [6.45, 7) is 9.52. The van der Waals surface area contributed by atoms with Crippen LogP contribution in [0.1, 0.15) is 130 Å². The maximum Gasteiger partial charge on any atom is 0.417 e. The van der Waals surface area contributed by atoms with E-state index in [1.807, 2.05) is 0 Å². The van der Waals surface area contributed by atoms with Gasteiger partial charge in [-0.3, -0.25) is 0 Å². The van der Waals surface area contributed by atoms with Gasteiger partial charge in [-0.25, -0.2) is 0 Å². The molecule has 0 aliphatic heterocycles. The summed E-state index contributed by atoms with van der Waals surface area (Å²) in [6.07, 6.45) is 10.1. The number of rotatable bonds is 5. The van der Waals surface area contributed by atoms with E-state index >= 15 is 0 Å². The highest BCUT2D eigenvalue weighted by molar-refractivity contribution is 5.11. The van der Waals surface area contributed by atoms with Crippen molar-refractivity contribution in [2.75, 3.05) is 0 Å². The molecule has 0 amide bonds. The molecule has 5 rings (SSSR count). The van der Waals surface area contributed by atoms with Crippen LogP contribution in [-0.2, 0) is 0 Å². The van der Waals surface area contributed by atoms with Gasteiger partial charge in [-0.05, 0) is 149 Å². The highest BCUT2D eigenvalue weighted by atomic mass is 19.4. The normalized spacial score (nSPS) is 51.2. The smallest absolute Gasteiger partial charge is 0.390 e. The van der Waals surface area contributed by atoms with Gasteiger partial charge >= 0.3 is 6.18 Å². The molecule has 9 atom stereocenters. The molecule has 2 N–H and O–H groups in total. The summed E-state index contributed by atoms with van der Waals surface area (Å²) < 4.78 is 41.0. The van der Waals surface area contributed by atoms with Crippen molar-refractivity contribution in [1.82, 2.24) is 0 Å². The number of halogens is 3. The lowest BCUT2D eigenvalue weighted by Crippen LogP contribution is -2.59. The molecule has 0 bridgehead atoms. The van der Waals surface area contributed by atoms with Crippen LogP contribution in [-0.4, -0.2) is 27.6 Å². The Balaban J connectivity index is 1.24. The van der Waals surface area contributed by atoms with E-state index in [4.69, 9.17) is 0 Å². The molecule has 0 aromatic rings. The van der Waals surface area contributed by atoms with Crippen LogP contribution < -0.4 is 0 Å². The van der Waals surface area contributed by atoms with Gasteiger partial charge in [0.05, 0.1) is 5.60 Å². The summed E-state index contributed by atoms with van der Waals surface area (Å²) in [5.41, 5.74) is -2.68. The van der Waals surface area contributed by atoms with Gasteiger partial charge in [0, 0.05) is 0 Å². The number of hydrogen-bond donors (Lipinski definition) is 2. The molecule has 2 nitrogen and oxygen atoms in total. The van der Waals surface area contributed by atoms with Gasteiger partial charge in [0.15, 0.2) is 5.60 Å². The zero-order valence-corrected chi connectivity index (χ0v) is 23.9. The van der Waals surface area contributed by atoms with E-state index in [1.54, 1.807) is 0 Å². The third-order valence-corrected chi connectivity index (χ3v) is 13.7. The molecule has 0 saturated heterocycles. The predicted molar refractivity (Wildman–Crippen MR) is 142 cm³/mol. The largest absolute Gasteiger partial charge is 0.417 e. The molecule has 0 spiro atoms. The third-order valence-electron chi connectivity index (χ3n) is 13.7. The summed E-state index contributed by atoms with van der Waals surface area (Å²) in [4.78, 5) is 0. The average Bonchev–Trinajstić information content (AvgIpc) is 3.20. The molecular weight excluding hydrogens is 473 g/mol. The van der Waals surface area contributed by atoms with Gasteiger partial charge in [0.2, 0.25) is 0 Å². The van der Waals surface area contributed by atoms with Crippen molar-refractivity contribution in [3.63, 3.8) is 0 Å². The third kappa shape index (κ3) is 4.72. The maximum atomic E-state index is 13.7. The summed E-state index contributed by atoms with van der Waals surface area (Å²) in [5.74, 6) is 3.91. The molecule has 5 fully saturated rings. The molecule has 0 aromatic carbocycles. The molecule has 0 radical (unpaired) electrons. The first-order valence-corrected chi connectivity index (χ1v) is 15.8. The van der Waals surface area contributed by atoms with Crippen LogP contribution in [0.5, 0.6) is 0 Å². The minimum Gasteiger partial charge on any atom is -0.390 e. The predicted octanol–water partition coefficient (Wildman–Crippen LogP) is 8.69. The molecule has 0 unspecified atom stereocenters. The number of alkyl halides is 3. The van der Waals surface area contributed by atoms with Crippen molar-refractivity contribution < 1.29 is 23.4 Å². The fourth-order valence-corrected chi connectivity index (χ4v) is 11.0. The molecular formula is C32H53F3O2. The monoisotopic (exact) mass is 526 g/mol. The van der Waals surface area contributed by atoms with Crippen molar-refractivity contribution >= 4 is 0 Å². The number of hydrogen-bond acceptors (Lipinski definition) is 2. The number of aliphatic hydroxyl groups is 2.